The second kappa shape index (κ2) is 8.43. The third-order valence-electron chi connectivity index (χ3n) is 5.20. The lowest BCUT2D eigenvalue weighted by Gasteiger charge is -2.22. The number of hydrogen-bond acceptors (Lipinski definition) is 3. The van der Waals surface area contributed by atoms with Gasteiger partial charge in [-0.3, -0.25) is 9.69 Å². The van der Waals surface area contributed by atoms with Crippen molar-refractivity contribution in [3.05, 3.63) is 71.5 Å². The van der Waals surface area contributed by atoms with Crippen molar-refractivity contribution in [1.82, 2.24) is 9.80 Å². The van der Waals surface area contributed by atoms with Crippen LogP contribution in [0, 0.1) is 11.7 Å². The predicted octanol–water partition coefficient (Wildman–Crippen LogP) is 2.46. The van der Waals surface area contributed by atoms with E-state index in [0.717, 1.165) is 13.1 Å². The van der Waals surface area contributed by atoms with Gasteiger partial charge in [-0.1, -0.05) is 48.5 Å². The topological polar surface area (TPSA) is 49.6 Å². The number of carbonyl (C=O) groups is 1. The van der Waals surface area contributed by atoms with Crippen LogP contribution in [0.3, 0.4) is 0 Å². The minimum atomic E-state index is -0.277. The van der Waals surface area contributed by atoms with Crippen molar-refractivity contribution < 1.29 is 9.18 Å². The van der Waals surface area contributed by atoms with E-state index in [9.17, 15) is 9.18 Å². The van der Waals surface area contributed by atoms with E-state index >= 15 is 0 Å². The number of likely N-dealkylation sites (N-methyl/N-ethyl adjacent to an activating group) is 1. The molecule has 0 aromatic heterocycles. The number of benzene rings is 2. The normalized spacial score (nSPS) is 20.3. The number of nitrogens with two attached hydrogens (primary N) is 1. The molecular weight excluding hydrogens is 329 g/mol. The highest BCUT2D eigenvalue weighted by atomic mass is 19.1. The molecule has 26 heavy (non-hydrogen) atoms. The number of hydrogen-bond donors (Lipinski definition) is 1. The molecule has 2 aromatic rings. The van der Waals surface area contributed by atoms with Crippen molar-refractivity contribution in [2.24, 2.45) is 11.7 Å². The van der Waals surface area contributed by atoms with Crippen molar-refractivity contribution in [3.8, 4) is 0 Å². The Hall–Kier alpha value is -2.24. The molecule has 1 aliphatic rings. The molecule has 0 bridgehead atoms. The van der Waals surface area contributed by atoms with Gasteiger partial charge < -0.3 is 10.6 Å². The average Bonchev–Trinajstić information content (AvgIpc) is 3.07. The third kappa shape index (κ3) is 4.29. The van der Waals surface area contributed by atoms with Gasteiger partial charge in [0.15, 0.2) is 0 Å². The maximum Gasteiger partial charge on any atom is 0.236 e. The van der Waals surface area contributed by atoms with Crippen LogP contribution >= 0.6 is 0 Å². The van der Waals surface area contributed by atoms with Crippen LogP contribution in [0.15, 0.2) is 54.6 Å². The molecule has 2 aromatic carbocycles. The smallest absolute Gasteiger partial charge is 0.236 e. The van der Waals surface area contributed by atoms with Crippen LogP contribution < -0.4 is 5.73 Å². The standard InChI is InChI=1S/C21H26FN3O/c1-24(12-17-9-5-6-10-20(17)22)21(26)15-25-13-18(11-23)19(14-25)16-7-3-2-4-8-16/h2-10,18-19H,11-15,23H2,1H3/t18-,19+/m1/s1. The van der Waals surface area contributed by atoms with Crippen molar-refractivity contribution in [3.63, 3.8) is 0 Å². The number of rotatable bonds is 6. The first-order valence-corrected chi connectivity index (χ1v) is 9.03. The van der Waals surface area contributed by atoms with Crippen LogP contribution in [-0.4, -0.2) is 48.9 Å². The van der Waals surface area contributed by atoms with Crippen LogP contribution in [-0.2, 0) is 11.3 Å². The van der Waals surface area contributed by atoms with Crippen molar-refractivity contribution in [1.29, 1.82) is 0 Å². The van der Waals surface area contributed by atoms with E-state index < -0.39 is 0 Å². The summed E-state index contributed by atoms with van der Waals surface area (Å²) in [5.41, 5.74) is 7.78. The summed E-state index contributed by atoms with van der Waals surface area (Å²) >= 11 is 0. The molecule has 3 rings (SSSR count). The molecule has 0 spiro atoms. The Bertz CT molecular complexity index is 737. The second-order valence-electron chi connectivity index (χ2n) is 7.05. The highest BCUT2D eigenvalue weighted by Crippen LogP contribution is 2.31. The van der Waals surface area contributed by atoms with Crippen molar-refractivity contribution in [2.45, 2.75) is 12.5 Å². The Kier molecular flexibility index (Phi) is 6.01. The molecule has 0 unspecified atom stereocenters. The molecule has 0 aliphatic carbocycles. The molecule has 1 heterocycles. The highest BCUT2D eigenvalue weighted by Gasteiger charge is 2.33. The summed E-state index contributed by atoms with van der Waals surface area (Å²) in [5, 5.41) is 0. The van der Waals surface area contributed by atoms with Gasteiger partial charge in [-0.25, -0.2) is 4.39 Å². The van der Waals surface area contributed by atoms with Gasteiger partial charge in [-0.05, 0) is 24.1 Å². The number of nitrogens with zero attached hydrogens (tertiary/aromatic N) is 2. The summed E-state index contributed by atoms with van der Waals surface area (Å²) in [6.07, 6.45) is 0. The second-order valence-corrected chi connectivity index (χ2v) is 7.05. The van der Waals surface area contributed by atoms with Gasteiger partial charge in [0.05, 0.1) is 6.54 Å². The average molecular weight is 355 g/mol. The number of halogens is 1. The Morgan fingerprint density at radius 2 is 1.85 bits per heavy atom. The van der Waals surface area contributed by atoms with Gasteiger partial charge in [0, 0.05) is 38.2 Å². The SMILES string of the molecule is CN(Cc1ccccc1F)C(=O)CN1C[C@@H](CN)[C@H](c2ccccc2)C1. The first kappa shape index (κ1) is 18.5. The zero-order chi connectivity index (χ0) is 18.5. The number of carbonyl (C=O) groups excluding carboxylic acids is 1. The van der Waals surface area contributed by atoms with E-state index in [4.69, 9.17) is 5.73 Å². The van der Waals surface area contributed by atoms with Gasteiger partial charge in [0.1, 0.15) is 5.82 Å². The zero-order valence-electron chi connectivity index (χ0n) is 15.1. The maximum atomic E-state index is 13.8. The Morgan fingerprint density at radius 1 is 1.15 bits per heavy atom. The molecule has 138 valence electrons. The Balaban J connectivity index is 1.60. The van der Waals surface area contributed by atoms with Gasteiger partial charge in [0.25, 0.3) is 0 Å². The summed E-state index contributed by atoms with van der Waals surface area (Å²) < 4.78 is 13.8. The molecule has 1 saturated heterocycles. The molecule has 1 amide bonds. The van der Waals surface area contributed by atoms with E-state index in [-0.39, 0.29) is 18.3 Å². The fraction of sp³-hybridized carbons (Fsp3) is 0.381. The summed E-state index contributed by atoms with van der Waals surface area (Å²) in [4.78, 5) is 16.3. The van der Waals surface area contributed by atoms with Gasteiger partial charge in [-0.2, -0.15) is 0 Å². The first-order chi connectivity index (χ1) is 12.6. The van der Waals surface area contributed by atoms with Crippen LogP contribution in [0.2, 0.25) is 0 Å². The van der Waals surface area contributed by atoms with E-state index in [0.29, 0.717) is 30.5 Å². The fourth-order valence-corrected chi connectivity index (χ4v) is 3.69. The summed E-state index contributed by atoms with van der Waals surface area (Å²) in [6, 6.07) is 16.9. The van der Waals surface area contributed by atoms with Crippen LogP contribution in [0.25, 0.3) is 0 Å². The molecule has 1 fully saturated rings. The van der Waals surface area contributed by atoms with E-state index in [1.807, 2.05) is 18.2 Å². The Labute approximate surface area is 154 Å². The third-order valence-corrected chi connectivity index (χ3v) is 5.20. The van der Waals surface area contributed by atoms with Crippen LogP contribution in [0.1, 0.15) is 17.0 Å². The molecule has 4 nitrogen and oxygen atoms in total. The van der Waals surface area contributed by atoms with Gasteiger partial charge in [0.2, 0.25) is 5.91 Å². The summed E-state index contributed by atoms with van der Waals surface area (Å²) in [5.74, 6) is 0.423. The molecule has 0 radical (unpaired) electrons. The lowest BCUT2D eigenvalue weighted by molar-refractivity contribution is -0.131. The molecular formula is C21H26FN3O. The number of likely N-dealkylation sites (tertiary alicyclic amines) is 1. The van der Waals surface area contributed by atoms with E-state index in [1.54, 1.807) is 30.1 Å². The lowest BCUT2D eigenvalue weighted by Crippen LogP contribution is -2.37. The van der Waals surface area contributed by atoms with Gasteiger partial charge in [-0.15, -0.1) is 0 Å². The minimum Gasteiger partial charge on any atom is -0.340 e. The maximum absolute atomic E-state index is 13.8. The fourth-order valence-electron chi connectivity index (χ4n) is 3.69. The lowest BCUT2D eigenvalue weighted by atomic mass is 9.89. The van der Waals surface area contributed by atoms with Crippen molar-refractivity contribution >= 4 is 5.91 Å². The van der Waals surface area contributed by atoms with E-state index in [1.165, 1.54) is 11.6 Å². The predicted molar refractivity (Wildman–Crippen MR) is 101 cm³/mol. The largest absolute Gasteiger partial charge is 0.340 e. The highest BCUT2D eigenvalue weighted by molar-refractivity contribution is 5.78. The molecule has 2 atom stereocenters. The monoisotopic (exact) mass is 355 g/mol. The summed E-state index contributed by atoms with van der Waals surface area (Å²) in [7, 11) is 1.72. The van der Waals surface area contributed by atoms with Crippen LogP contribution in [0.5, 0.6) is 0 Å². The Morgan fingerprint density at radius 3 is 2.54 bits per heavy atom. The quantitative estimate of drug-likeness (QED) is 0.866. The first-order valence-electron chi connectivity index (χ1n) is 9.03. The van der Waals surface area contributed by atoms with Crippen molar-refractivity contribution in [2.75, 3.05) is 33.2 Å². The molecule has 1 aliphatic heterocycles. The molecule has 5 heteroatoms. The summed E-state index contributed by atoms with van der Waals surface area (Å²) in [6.45, 7) is 2.86. The van der Waals surface area contributed by atoms with Gasteiger partial charge >= 0.3 is 0 Å². The van der Waals surface area contributed by atoms with Crippen LogP contribution in [0.4, 0.5) is 4.39 Å². The molecule has 2 N–H and O–H groups in total. The zero-order valence-corrected chi connectivity index (χ0v) is 15.1. The van der Waals surface area contributed by atoms with E-state index in [2.05, 4.69) is 17.0 Å². The minimum absolute atomic E-state index is 0.00210. The molecule has 0 saturated carbocycles. The number of amides is 1.